The quantitative estimate of drug-likeness (QED) is 0.305. The molecule has 0 saturated heterocycles. The number of aryl methyl sites for hydroxylation is 1. The summed E-state index contributed by atoms with van der Waals surface area (Å²) in [5.74, 6) is -0.297. The molecule has 5 rings (SSSR count). The monoisotopic (exact) mass is 492 g/mol. The van der Waals surface area contributed by atoms with Crippen LogP contribution in [0.15, 0.2) is 97.1 Å². The standard InChI is InChI=1S/C31H28N2O4/c1-20-10-14-22(15-11-20)32-30(35)29(18-21-12-16-23(34)17-13-21)33-31(36)37-19-28-26-8-4-2-6-24(26)25-7-3-5-9-27(25)28/h2-17,28-29,34H,18-19H2,1H3,(H,32,35)(H,33,36)/t29-/m1/s1. The van der Waals surface area contributed by atoms with Crippen LogP contribution in [0.1, 0.15) is 28.2 Å². The number of aromatic hydroxyl groups is 1. The summed E-state index contributed by atoms with van der Waals surface area (Å²) in [4.78, 5) is 26.1. The minimum atomic E-state index is -0.874. The maximum atomic E-state index is 13.2. The molecule has 1 aliphatic carbocycles. The highest BCUT2D eigenvalue weighted by atomic mass is 16.5. The second-order valence-electron chi connectivity index (χ2n) is 9.25. The van der Waals surface area contributed by atoms with Crippen molar-refractivity contribution in [3.63, 3.8) is 0 Å². The van der Waals surface area contributed by atoms with Crippen LogP contribution in [0.4, 0.5) is 10.5 Å². The Morgan fingerprint density at radius 3 is 2.05 bits per heavy atom. The fourth-order valence-corrected chi connectivity index (χ4v) is 4.73. The van der Waals surface area contributed by atoms with Gasteiger partial charge in [-0.05, 0) is 59.0 Å². The summed E-state index contributed by atoms with van der Waals surface area (Å²) in [6.07, 6.45) is -0.424. The van der Waals surface area contributed by atoms with E-state index in [1.807, 2.05) is 55.5 Å². The van der Waals surface area contributed by atoms with Gasteiger partial charge in [-0.15, -0.1) is 0 Å². The normalized spacial score (nSPS) is 12.8. The van der Waals surface area contributed by atoms with Crippen LogP contribution in [-0.4, -0.2) is 29.8 Å². The zero-order chi connectivity index (χ0) is 25.8. The van der Waals surface area contributed by atoms with Crippen LogP contribution in [0.2, 0.25) is 0 Å². The van der Waals surface area contributed by atoms with Crippen LogP contribution >= 0.6 is 0 Å². The molecule has 0 bridgehead atoms. The van der Waals surface area contributed by atoms with Crippen molar-refractivity contribution in [1.29, 1.82) is 0 Å². The Morgan fingerprint density at radius 1 is 0.838 bits per heavy atom. The van der Waals surface area contributed by atoms with Gasteiger partial charge in [0.2, 0.25) is 5.91 Å². The number of carbonyl (C=O) groups is 2. The first-order valence-corrected chi connectivity index (χ1v) is 12.2. The van der Waals surface area contributed by atoms with Crippen molar-refractivity contribution in [2.75, 3.05) is 11.9 Å². The summed E-state index contributed by atoms with van der Waals surface area (Å²) in [7, 11) is 0. The Hall–Kier alpha value is -4.58. The molecule has 6 nitrogen and oxygen atoms in total. The van der Waals surface area contributed by atoms with Crippen LogP contribution in [0, 0.1) is 6.92 Å². The third kappa shape index (κ3) is 5.48. The van der Waals surface area contributed by atoms with Gasteiger partial charge in [-0.2, -0.15) is 0 Å². The van der Waals surface area contributed by atoms with E-state index in [-0.39, 0.29) is 30.6 Å². The van der Waals surface area contributed by atoms with Gasteiger partial charge in [0.1, 0.15) is 18.4 Å². The van der Waals surface area contributed by atoms with E-state index in [1.54, 1.807) is 24.3 Å². The molecule has 4 aromatic carbocycles. The molecule has 0 unspecified atom stereocenters. The third-order valence-electron chi connectivity index (χ3n) is 6.65. The highest BCUT2D eigenvalue weighted by Crippen LogP contribution is 2.44. The SMILES string of the molecule is Cc1ccc(NC(=O)[C@@H](Cc2ccc(O)cc2)NC(=O)OCC2c3ccccc3-c3ccccc32)cc1. The average Bonchev–Trinajstić information content (AvgIpc) is 3.23. The van der Waals surface area contributed by atoms with E-state index in [0.717, 1.165) is 33.4 Å². The van der Waals surface area contributed by atoms with Crippen LogP contribution in [0.25, 0.3) is 11.1 Å². The molecule has 3 N–H and O–H groups in total. The molecule has 2 amide bonds. The molecular formula is C31H28N2O4. The molecule has 1 atom stereocenters. The number of nitrogens with one attached hydrogen (secondary N) is 2. The van der Waals surface area contributed by atoms with Gasteiger partial charge in [-0.25, -0.2) is 4.79 Å². The van der Waals surface area contributed by atoms with Crippen LogP contribution in [-0.2, 0) is 16.0 Å². The van der Waals surface area contributed by atoms with Crippen molar-refractivity contribution in [3.05, 3.63) is 119 Å². The average molecular weight is 493 g/mol. The molecule has 6 heteroatoms. The minimum Gasteiger partial charge on any atom is -0.508 e. The third-order valence-corrected chi connectivity index (χ3v) is 6.65. The molecule has 0 saturated carbocycles. The Morgan fingerprint density at radius 2 is 1.43 bits per heavy atom. The fourth-order valence-electron chi connectivity index (χ4n) is 4.73. The van der Waals surface area contributed by atoms with Crippen LogP contribution in [0.3, 0.4) is 0 Å². The van der Waals surface area contributed by atoms with E-state index in [9.17, 15) is 14.7 Å². The number of phenolic OH excluding ortho intramolecular Hbond substituents is 1. The number of hydrogen-bond acceptors (Lipinski definition) is 4. The van der Waals surface area contributed by atoms with E-state index in [1.165, 1.54) is 0 Å². The van der Waals surface area contributed by atoms with E-state index >= 15 is 0 Å². The predicted octanol–water partition coefficient (Wildman–Crippen LogP) is 5.79. The summed E-state index contributed by atoms with van der Waals surface area (Å²) in [5, 5.41) is 15.2. The van der Waals surface area contributed by atoms with Crippen LogP contribution in [0.5, 0.6) is 5.75 Å². The van der Waals surface area contributed by atoms with Gasteiger partial charge in [0.05, 0.1) is 0 Å². The summed E-state index contributed by atoms with van der Waals surface area (Å²) < 4.78 is 5.67. The minimum absolute atomic E-state index is 0.0740. The lowest BCUT2D eigenvalue weighted by Crippen LogP contribution is -2.45. The number of phenols is 1. The first-order chi connectivity index (χ1) is 18.0. The first kappa shape index (κ1) is 24.1. The lowest BCUT2D eigenvalue weighted by atomic mass is 9.98. The van der Waals surface area contributed by atoms with Gasteiger partial charge in [-0.1, -0.05) is 78.4 Å². The lowest BCUT2D eigenvalue weighted by Gasteiger charge is -2.20. The molecule has 0 aromatic heterocycles. The summed E-state index contributed by atoms with van der Waals surface area (Å²) in [5.41, 5.74) is 7.05. The van der Waals surface area contributed by atoms with Crippen LogP contribution < -0.4 is 10.6 Å². The van der Waals surface area contributed by atoms with Crippen molar-refractivity contribution in [2.45, 2.75) is 25.3 Å². The maximum Gasteiger partial charge on any atom is 0.407 e. The van der Waals surface area contributed by atoms with Gasteiger partial charge in [0.15, 0.2) is 0 Å². The number of alkyl carbamates (subject to hydrolysis) is 1. The Labute approximate surface area is 215 Å². The highest BCUT2D eigenvalue weighted by Gasteiger charge is 2.30. The largest absolute Gasteiger partial charge is 0.508 e. The smallest absolute Gasteiger partial charge is 0.407 e. The molecule has 1 aliphatic rings. The number of carbonyl (C=O) groups excluding carboxylic acids is 2. The van der Waals surface area contributed by atoms with Gasteiger partial charge < -0.3 is 20.5 Å². The number of anilines is 1. The highest BCUT2D eigenvalue weighted by molar-refractivity contribution is 5.96. The lowest BCUT2D eigenvalue weighted by molar-refractivity contribution is -0.118. The number of hydrogen-bond donors (Lipinski definition) is 3. The van der Waals surface area contributed by atoms with Gasteiger partial charge in [0.25, 0.3) is 0 Å². The van der Waals surface area contributed by atoms with E-state index in [2.05, 4.69) is 34.9 Å². The van der Waals surface area contributed by atoms with E-state index in [4.69, 9.17) is 4.74 Å². The number of amides is 2. The Bertz CT molecular complexity index is 1370. The maximum absolute atomic E-state index is 13.2. The summed E-state index contributed by atoms with van der Waals surface area (Å²) >= 11 is 0. The zero-order valence-electron chi connectivity index (χ0n) is 20.5. The topological polar surface area (TPSA) is 87.7 Å². The zero-order valence-corrected chi connectivity index (χ0v) is 20.5. The second kappa shape index (κ2) is 10.6. The van der Waals surface area contributed by atoms with Crippen molar-refractivity contribution in [1.82, 2.24) is 5.32 Å². The van der Waals surface area contributed by atoms with E-state index < -0.39 is 12.1 Å². The molecule has 0 spiro atoms. The number of fused-ring (bicyclic) bond motifs is 3. The Balaban J connectivity index is 1.29. The fraction of sp³-hybridized carbons (Fsp3) is 0.161. The molecule has 0 fully saturated rings. The van der Waals surface area contributed by atoms with Crippen molar-refractivity contribution >= 4 is 17.7 Å². The molecule has 0 radical (unpaired) electrons. The van der Waals surface area contributed by atoms with Crippen molar-refractivity contribution in [3.8, 4) is 16.9 Å². The van der Waals surface area contributed by atoms with Gasteiger partial charge >= 0.3 is 6.09 Å². The molecule has 0 aliphatic heterocycles. The number of rotatable bonds is 7. The molecule has 186 valence electrons. The van der Waals surface area contributed by atoms with Gasteiger partial charge in [-0.3, -0.25) is 4.79 Å². The predicted molar refractivity (Wildman–Crippen MR) is 144 cm³/mol. The van der Waals surface area contributed by atoms with Crippen molar-refractivity contribution < 1.29 is 19.4 Å². The number of ether oxygens (including phenoxy) is 1. The number of benzene rings is 4. The molecule has 0 heterocycles. The Kier molecular flexibility index (Phi) is 6.90. The van der Waals surface area contributed by atoms with Gasteiger partial charge in [0, 0.05) is 18.0 Å². The van der Waals surface area contributed by atoms with Crippen molar-refractivity contribution in [2.24, 2.45) is 0 Å². The second-order valence-corrected chi connectivity index (χ2v) is 9.25. The van der Waals surface area contributed by atoms with E-state index in [0.29, 0.717) is 5.69 Å². The summed E-state index contributed by atoms with van der Waals surface area (Å²) in [6, 6.07) is 29.4. The summed E-state index contributed by atoms with van der Waals surface area (Å²) in [6.45, 7) is 2.13. The first-order valence-electron chi connectivity index (χ1n) is 12.2. The molecular weight excluding hydrogens is 464 g/mol. The molecule has 4 aromatic rings. The molecule has 37 heavy (non-hydrogen) atoms.